The van der Waals surface area contributed by atoms with Gasteiger partial charge < -0.3 is 5.73 Å². The molecule has 0 fully saturated rings. The van der Waals surface area contributed by atoms with E-state index in [4.69, 9.17) is 5.73 Å². The molecule has 4 heteroatoms. The SMILES string of the molecule is CCCCc1nc2ccnn2c(N)c1C. The van der Waals surface area contributed by atoms with E-state index in [1.165, 1.54) is 6.42 Å². The van der Waals surface area contributed by atoms with Crippen LogP contribution < -0.4 is 5.73 Å². The van der Waals surface area contributed by atoms with Crippen molar-refractivity contribution in [1.82, 2.24) is 14.6 Å². The normalized spacial score (nSPS) is 11.1. The van der Waals surface area contributed by atoms with Gasteiger partial charge in [0.05, 0.1) is 6.20 Å². The summed E-state index contributed by atoms with van der Waals surface area (Å²) in [5.41, 5.74) is 8.99. The second-order valence-corrected chi connectivity index (χ2v) is 3.77. The lowest BCUT2D eigenvalue weighted by Crippen LogP contribution is -2.07. The van der Waals surface area contributed by atoms with E-state index in [0.717, 1.165) is 29.7 Å². The van der Waals surface area contributed by atoms with Crippen LogP contribution in [0.25, 0.3) is 5.65 Å². The average molecular weight is 204 g/mol. The third-order valence-corrected chi connectivity index (χ3v) is 2.68. The molecule has 4 nitrogen and oxygen atoms in total. The van der Waals surface area contributed by atoms with Crippen molar-refractivity contribution in [3.63, 3.8) is 0 Å². The number of fused-ring (bicyclic) bond motifs is 1. The zero-order chi connectivity index (χ0) is 10.8. The van der Waals surface area contributed by atoms with Crippen LogP contribution in [-0.2, 0) is 6.42 Å². The summed E-state index contributed by atoms with van der Waals surface area (Å²) in [6.45, 7) is 4.19. The van der Waals surface area contributed by atoms with Gasteiger partial charge in [-0.1, -0.05) is 13.3 Å². The molecule has 2 rings (SSSR count). The molecule has 0 bridgehead atoms. The summed E-state index contributed by atoms with van der Waals surface area (Å²) in [6.07, 6.45) is 5.04. The van der Waals surface area contributed by atoms with Gasteiger partial charge in [-0.25, -0.2) is 4.98 Å². The summed E-state index contributed by atoms with van der Waals surface area (Å²) in [6, 6.07) is 1.88. The van der Waals surface area contributed by atoms with Gasteiger partial charge in [-0.05, 0) is 19.8 Å². The van der Waals surface area contributed by atoms with Crippen LogP contribution in [0.3, 0.4) is 0 Å². The highest BCUT2D eigenvalue weighted by Crippen LogP contribution is 2.17. The van der Waals surface area contributed by atoms with Crippen molar-refractivity contribution < 1.29 is 0 Å². The minimum Gasteiger partial charge on any atom is -0.383 e. The Labute approximate surface area is 89.1 Å². The number of unbranched alkanes of at least 4 members (excludes halogenated alkanes) is 1. The molecule has 2 aromatic rings. The van der Waals surface area contributed by atoms with Crippen molar-refractivity contribution >= 4 is 11.5 Å². The van der Waals surface area contributed by atoms with Crippen molar-refractivity contribution in [2.75, 3.05) is 5.73 Å². The summed E-state index contributed by atoms with van der Waals surface area (Å²) in [5, 5.41) is 4.13. The van der Waals surface area contributed by atoms with Crippen molar-refractivity contribution in [3.05, 3.63) is 23.5 Å². The Morgan fingerprint density at radius 2 is 2.27 bits per heavy atom. The first-order valence-corrected chi connectivity index (χ1v) is 5.32. The molecule has 2 aromatic heterocycles. The monoisotopic (exact) mass is 204 g/mol. The highest BCUT2D eigenvalue weighted by molar-refractivity contribution is 5.51. The van der Waals surface area contributed by atoms with Crippen molar-refractivity contribution in [2.24, 2.45) is 0 Å². The fourth-order valence-corrected chi connectivity index (χ4v) is 1.68. The van der Waals surface area contributed by atoms with Crippen LogP contribution in [0, 0.1) is 6.92 Å². The van der Waals surface area contributed by atoms with E-state index in [1.54, 1.807) is 10.7 Å². The lowest BCUT2D eigenvalue weighted by molar-refractivity contribution is 0.767. The van der Waals surface area contributed by atoms with Gasteiger partial charge in [-0.15, -0.1) is 0 Å². The van der Waals surface area contributed by atoms with Crippen LogP contribution >= 0.6 is 0 Å². The lowest BCUT2D eigenvalue weighted by Gasteiger charge is -2.08. The molecule has 0 unspecified atom stereocenters. The van der Waals surface area contributed by atoms with E-state index in [2.05, 4.69) is 17.0 Å². The Morgan fingerprint density at radius 3 is 3.00 bits per heavy atom. The quantitative estimate of drug-likeness (QED) is 0.831. The van der Waals surface area contributed by atoms with Crippen molar-refractivity contribution in [1.29, 1.82) is 0 Å². The van der Waals surface area contributed by atoms with Gasteiger partial charge in [0.2, 0.25) is 0 Å². The number of aromatic nitrogens is 3. The Balaban J connectivity index is 2.50. The molecule has 0 aliphatic carbocycles. The van der Waals surface area contributed by atoms with Gasteiger partial charge in [0.15, 0.2) is 5.65 Å². The molecule has 0 aliphatic heterocycles. The lowest BCUT2D eigenvalue weighted by atomic mass is 10.1. The van der Waals surface area contributed by atoms with Crippen LogP contribution in [-0.4, -0.2) is 14.6 Å². The molecule has 0 aromatic carbocycles. The van der Waals surface area contributed by atoms with Gasteiger partial charge in [-0.2, -0.15) is 9.61 Å². The van der Waals surface area contributed by atoms with Crippen molar-refractivity contribution in [2.45, 2.75) is 33.1 Å². The summed E-state index contributed by atoms with van der Waals surface area (Å²) in [7, 11) is 0. The standard InChI is InChI=1S/C11H16N4/c1-3-4-5-9-8(2)11(12)15-10(14-9)6-7-13-15/h6-7H,3-5,12H2,1-2H3. The molecule has 2 N–H and O–H groups in total. The highest BCUT2D eigenvalue weighted by atomic mass is 15.3. The minimum atomic E-state index is 0.705. The van der Waals surface area contributed by atoms with Crippen LogP contribution in [0.15, 0.2) is 12.3 Å². The molecule has 0 spiro atoms. The van der Waals surface area contributed by atoms with E-state index >= 15 is 0 Å². The topological polar surface area (TPSA) is 56.2 Å². The molecular weight excluding hydrogens is 188 g/mol. The van der Waals surface area contributed by atoms with Gasteiger partial charge in [-0.3, -0.25) is 0 Å². The van der Waals surface area contributed by atoms with E-state index in [9.17, 15) is 0 Å². The Bertz CT molecular complexity index is 473. The first-order chi connectivity index (χ1) is 7.24. The van der Waals surface area contributed by atoms with Crippen LogP contribution in [0.2, 0.25) is 0 Å². The number of nitrogens with zero attached hydrogens (tertiary/aromatic N) is 3. The maximum Gasteiger partial charge on any atom is 0.157 e. The molecule has 0 saturated heterocycles. The summed E-state index contributed by atoms with van der Waals surface area (Å²) in [4.78, 5) is 4.55. The second kappa shape index (κ2) is 3.88. The maximum absolute atomic E-state index is 6.00. The second-order valence-electron chi connectivity index (χ2n) is 3.77. The highest BCUT2D eigenvalue weighted by Gasteiger charge is 2.08. The Hall–Kier alpha value is -1.58. The number of nitrogens with two attached hydrogens (primary N) is 1. The summed E-state index contributed by atoms with van der Waals surface area (Å²) >= 11 is 0. The molecule has 0 amide bonds. The molecule has 0 saturated carbocycles. The zero-order valence-corrected chi connectivity index (χ0v) is 9.20. The van der Waals surface area contributed by atoms with Gasteiger partial charge in [0.25, 0.3) is 0 Å². The zero-order valence-electron chi connectivity index (χ0n) is 9.20. The number of aryl methyl sites for hydroxylation is 1. The fourth-order valence-electron chi connectivity index (χ4n) is 1.68. The Morgan fingerprint density at radius 1 is 1.47 bits per heavy atom. The van der Waals surface area contributed by atoms with E-state index in [0.29, 0.717) is 5.82 Å². The van der Waals surface area contributed by atoms with Gasteiger partial charge >= 0.3 is 0 Å². The number of hydrogen-bond donors (Lipinski definition) is 1. The third kappa shape index (κ3) is 1.67. The van der Waals surface area contributed by atoms with Gasteiger partial charge in [0, 0.05) is 17.3 Å². The summed E-state index contributed by atoms with van der Waals surface area (Å²) < 4.78 is 1.69. The van der Waals surface area contributed by atoms with Crippen molar-refractivity contribution in [3.8, 4) is 0 Å². The molecule has 0 atom stereocenters. The minimum absolute atomic E-state index is 0.705. The third-order valence-electron chi connectivity index (χ3n) is 2.68. The number of rotatable bonds is 3. The van der Waals surface area contributed by atoms with Crippen LogP contribution in [0.4, 0.5) is 5.82 Å². The van der Waals surface area contributed by atoms with Crippen LogP contribution in [0.5, 0.6) is 0 Å². The number of anilines is 1. The summed E-state index contributed by atoms with van der Waals surface area (Å²) in [5.74, 6) is 0.705. The molecule has 80 valence electrons. The largest absolute Gasteiger partial charge is 0.383 e. The van der Waals surface area contributed by atoms with Gasteiger partial charge in [0.1, 0.15) is 5.82 Å². The number of nitrogen functional groups attached to an aromatic ring is 1. The van der Waals surface area contributed by atoms with Crippen LogP contribution in [0.1, 0.15) is 31.0 Å². The number of hydrogen-bond acceptors (Lipinski definition) is 3. The predicted octanol–water partition coefficient (Wildman–Crippen LogP) is 1.96. The molecule has 2 heterocycles. The van der Waals surface area contributed by atoms with E-state index in [-0.39, 0.29) is 0 Å². The molecule has 15 heavy (non-hydrogen) atoms. The fraction of sp³-hybridized carbons (Fsp3) is 0.455. The first kappa shape index (κ1) is 9.96. The van der Waals surface area contributed by atoms with E-state index in [1.807, 2.05) is 13.0 Å². The predicted molar refractivity (Wildman–Crippen MR) is 60.7 cm³/mol. The smallest absolute Gasteiger partial charge is 0.157 e. The van der Waals surface area contributed by atoms with E-state index < -0.39 is 0 Å². The molecule has 0 aliphatic rings. The average Bonchev–Trinajstić information content (AvgIpc) is 2.69. The Kier molecular flexibility index (Phi) is 2.58. The molecule has 0 radical (unpaired) electrons. The maximum atomic E-state index is 6.00. The molecular formula is C11H16N4. The first-order valence-electron chi connectivity index (χ1n) is 5.32.